The molecule has 2 nitrogen and oxygen atoms in total. The average Bonchev–Trinajstić information content (AvgIpc) is 3.36. The summed E-state index contributed by atoms with van der Waals surface area (Å²) in [5.41, 5.74) is 3.73. The van der Waals surface area contributed by atoms with Crippen LogP contribution in [0.15, 0.2) is 48.7 Å². The van der Waals surface area contributed by atoms with E-state index in [2.05, 4.69) is 35.3 Å². The lowest BCUT2D eigenvalue weighted by molar-refractivity contribution is 0.0929. The zero-order valence-corrected chi connectivity index (χ0v) is 12.2. The Bertz CT molecular complexity index is 633. The van der Waals surface area contributed by atoms with Crippen LogP contribution >= 0.6 is 0 Å². The molecule has 108 valence electrons. The molecule has 0 radical (unpaired) electrons. The second-order valence-corrected chi connectivity index (χ2v) is 6.51. The summed E-state index contributed by atoms with van der Waals surface area (Å²) in [5, 5.41) is 11.1. The SMILES string of the molecule is OC(C1CCCc2cccnc21)C1(c2ccccc2)CC1. The molecule has 1 aromatic carbocycles. The van der Waals surface area contributed by atoms with Crippen molar-refractivity contribution in [2.45, 2.75) is 49.5 Å². The van der Waals surface area contributed by atoms with E-state index in [1.165, 1.54) is 11.1 Å². The number of fused-ring (bicyclic) bond motifs is 1. The number of benzene rings is 1. The lowest BCUT2D eigenvalue weighted by atomic mass is 9.75. The number of aromatic nitrogens is 1. The summed E-state index contributed by atoms with van der Waals surface area (Å²) in [6.45, 7) is 0. The Labute approximate surface area is 125 Å². The average molecular weight is 279 g/mol. The number of aryl methyl sites for hydroxylation is 1. The summed E-state index contributed by atoms with van der Waals surface area (Å²) in [7, 11) is 0. The second kappa shape index (κ2) is 4.96. The normalized spacial score (nSPS) is 24.1. The molecule has 1 aromatic heterocycles. The van der Waals surface area contributed by atoms with Gasteiger partial charge in [-0.2, -0.15) is 0 Å². The van der Waals surface area contributed by atoms with Crippen LogP contribution in [0.1, 0.15) is 48.4 Å². The quantitative estimate of drug-likeness (QED) is 0.931. The van der Waals surface area contributed by atoms with Crippen molar-refractivity contribution >= 4 is 0 Å². The van der Waals surface area contributed by atoms with Crippen molar-refractivity contribution in [2.75, 3.05) is 0 Å². The smallest absolute Gasteiger partial charge is 0.0720 e. The molecular formula is C19H21NO. The standard InChI is InChI=1S/C19H21NO/c21-18(19(11-12-19)15-8-2-1-3-9-15)16-10-4-6-14-7-5-13-20-17(14)16/h1-3,5,7-9,13,16,18,21H,4,6,10-12H2. The van der Waals surface area contributed by atoms with Crippen molar-refractivity contribution in [2.24, 2.45) is 0 Å². The van der Waals surface area contributed by atoms with E-state index in [9.17, 15) is 5.11 Å². The van der Waals surface area contributed by atoms with E-state index >= 15 is 0 Å². The minimum absolute atomic E-state index is 0.0297. The molecule has 2 atom stereocenters. The minimum Gasteiger partial charge on any atom is -0.392 e. The number of pyridine rings is 1. The first kappa shape index (κ1) is 13.0. The fourth-order valence-corrected chi connectivity index (χ4v) is 4.00. The fourth-order valence-electron chi connectivity index (χ4n) is 4.00. The summed E-state index contributed by atoms with van der Waals surface area (Å²) in [4.78, 5) is 4.60. The maximum absolute atomic E-state index is 11.1. The molecule has 0 saturated heterocycles. The van der Waals surface area contributed by atoms with E-state index in [-0.39, 0.29) is 17.4 Å². The van der Waals surface area contributed by atoms with Gasteiger partial charge in [-0.15, -0.1) is 0 Å². The maximum atomic E-state index is 11.1. The van der Waals surface area contributed by atoms with Gasteiger partial charge in [0.25, 0.3) is 0 Å². The van der Waals surface area contributed by atoms with Gasteiger partial charge in [-0.05, 0) is 49.3 Å². The lowest BCUT2D eigenvalue weighted by Gasteiger charge is -2.33. The third-order valence-corrected chi connectivity index (χ3v) is 5.32. The molecule has 2 heteroatoms. The third kappa shape index (κ3) is 2.09. The van der Waals surface area contributed by atoms with E-state index in [1.807, 2.05) is 18.3 Å². The van der Waals surface area contributed by atoms with Crippen LogP contribution in [0.5, 0.6) is 0 Å². The van der Waals surface area contributed by atoms with Gasteiger partial charge in [0.2, 0.25) is 0 Å². The Morgan fingerprint density at radius 2 is 1.90 bits per heavy atom. The summed E-state index contributed by atoms with van der Waals surface area (Å²) in [6.07, 6.45) is 7.06. The van der Waals surface area contributed by atoms with Gasteiger partial charge in [-0.3, -0.25) is 4.98 Å². The first-order valence-electron chi connectivity index (χ1n) is 7.99. The van der Waals surface area contributed by atoms with E-state index in [1.54, 1.807) is 0 Å². The van der Waals surface area contributed by atoms with Crippen LogP contribution in [0.25, 0.3) is 0 Å². The molecule has 0 spiro atoms. The molecule has 1 saturated carbocycles. The maximum Gasteiger partial charge on any atom is 0.0720 e. The Balaban J connectivity index is 1.69. The number of aliphatic hydroxyl groups is 1. The summed E-state index contributed by atoms with van der Waals surface area (Å²) in [6, 6.07) is 14.7. The van der Waals surface area contributed by atoms with Gasteiger partial charge in [-0.25, -0.2) is 0 Å². The Morgan fingerprint density at radius 1 is 1.10 bits per heavy atom. The molecule has 1 heterocycles. The topological polar surface area (TPSA) is 33.1 Å². The Hall–Kier alpha value is -1.67. The molecule has 2 aliphatic rings. The van der Waals surface area contributed by atoms with Crippen molar-refractivity contribution in [1.82, 2.24) is 4.98 Å². The molecule has 2 unspecified atom stereocenters. The van der Waals surface area contributed by atoms with Crippen molar-refractivity contribution < 1.29 is 5.11 Å². The molecule has 0 bridgehead atoms. The predicted octanol–water partition coefficient (Wildman–Crippen LogP) is 3.59. The van der Waals surface area contributed by atoms with Gasteiger partial charge >= 0.3 is 0 Å². The van der Waals surface area contributed by atoms with Gasteiger partial charge in [0.05, 0.1) is 6.10 Å². The first-order valence-corrected chi connectivity index (χ1v) is 7.99. The molecule has 1 N–H and O–H groups in total. The van der Waals surface area contributed by atoms with Crippen LogP contribution in [0.4, 0.5) is 0 Å². The van der Waals surface area contributed by atoms with Crippen LogP contribution in [0, 0.1) is 0 Å². The third-order valence-electron chi connectivity index (χ3n) is 5.32. The van der Waals surface area contributed by atoms with Gasteiger partial charge in [0, 0.05) is 23.2 Å². The molecule has 0 amide bonds. The lowest BCUT2D eigenvalue weighted by Crippen LogP contribution is -2.34. The zero-order chi connectivity index (χ0) is 14.3. The second-order valence-electron chi connectivity index (χ2n) is 6.51. The molecule has 2 aliphatic carbocycles. The molecule has 1 fully saturated rings. The van der Waals surface area contributed by atoms with Crippen LogP contribution in [0.3, 0.4) is 0 Å². The first-order chi connectivity index (χ1) is 10.3. The van der Waals surface area contributed by atoms with E-state index in [0.717, 1.165) is 37.8 Å². The largest absolute Gasteiger partial charge is 0.392 e. The zero-order valence-electron chi connectivity index (χ0n) is 12.2. The molecular weight excluding hydrogens is 258 g/mol. The van der Waals surface area contributed by atoms with Crippen LogP contribution in [-0.4, -0.2) is 16.2 Å². The van der Waals surface area contributed by atoms with Gasteiger partial charge in [0.1, 0.15) is 0 Å². The van der Waals surface area contributed by atoms with E-state index in [4.69, 9.17) is 0 Å². The summed E-state index contributed by atoms with van der Waals surface area (Å²) < 4.78 is 0. The monoisotopic (exact) mass is 279 g/mol. The van der Waals surface area contributed by atoms with Crippen LogP contribution in [-0.2, 0) is 11.8 Å². The Morgan fingerprint density at radius 3 is 2.67 bits per heavy atom. The number of hydrogen-bond donors (Lipinski definition) is 1. The number of hydrogen-bond acceptors (Lipinski definition) is 2. The van der Waals surface area contributed by atoms with Crippen molar-refractivity contribution in [3.8, 4) is 0 Å². The molecule has 2 aromatic rings. The summed E-state index contributed by atoms with van der Waals surface area (Å²) in [5.74, 6) is 0.192. The van der Waals surface area contributed by atoms with Crippen molar-refractivity contribution in [3.63, 3.8) is 0 Å². The van der Waals surface area contributed by atoms with Gasteiger partial charge in [0.15, 0.2) is 0 Å². The molecule has 4 rings (SSSR count). The van der Waals surface area contributed by atoms with Crippen molar-refractivity contribution in [3.05, 3.63) is 65.5 Å². The van der Waals surface area contributed by atoms with E-state index in [0.29, 0.717) is 0 Å². The minimum atomic E-state index is -0.311. The predicted molar refractivity (Wildman–Crippen MR) is 83.3 cm³/mol. The highest BCUT2D eigenvalue weighted by molar-refractivity contribution is 5.37. The molecule has 0 aliphatic heterocycles. The fraction of sp³-hybridized carbons (Fsp3) is 0.421. The number of rotatable bonds is 3. The number of nitrogens with zero attached hydrogens (tertiary/aromatic N) is 1. The van der Waals surface area contributed by atoms with Crippen LogP contribution in [0.2, 0.25) is 0 Å². The van der Waals surface area contributed by atoms with Gasteiger partial charge in [-0.1, -0.05) is 36.4 Å². The number of aliphatic hydroxyl groups excluding tert-OH is 1. The van der Waals surface area contributed by atoms with Gasteiger partial charge < -0.3 is 5.11 Å². The Kier molecular flexibility index (Phi) is 3.07. The van der Waals surface area contributed by atoms with Crippen LogP contribution < -0.4 is 0 Å². The highest BCUT2D eigenvalue weighted by Crippen LogP contribution is 2.55. The highest BCUT2D eigenvalue weighted by Gasteiger charge is 2.53. The van der Waals surface area contributed by atoms with Crippen molar-refractivity contribution in [1.29, 1.82) is 0 Å². The molecule has 21 heavy (non-hydrogen) atoms. The van der Waals surface area contributed by atoms with E-state index < -0.39 is 0 Å². The highest BCUT2D eigenvalue weighted by atomic mass is 16.3. The summed E-state index contributed by atoms with van der Waals surface area (Å²) >= 11 is 0.